The first-order valence-corrected chi connectivity index (χ1v) is 8.42. The summed E-state index contributed by atoms with van der Waals surface area (Å²) >= 11 is 8.90. The number of hydrogen-bond donors (Lipinski definition) is 0. The van der Waals surface area contributed by atoms with E-state index in [0.717, 1.165) is 15.0 Å². The monoisotopic (exact) mass is 399 g/mol. The molecule has 3 rings (SSSR count). The zero-order chi connectivity index (χ0) is 13.6. The van der Waals surface area contributed by atoms with Crippen LogP contribution >= 0.6 is 43.2 Å². The van der Waals surface area contributed by atoms with E-state index in [2.05, 4.69) is 55.4 Å². The number of anilines is 1. The molecule has 1 unspecified atom stereocenters. The van der Waals surface area contributed by atoms with Gasteiger partial charge in [-0.15, -0.1) is 11.3 Å². The van der Waals surface area contributed by atoms with E-state index in [1.165, 1.54) is 11.1 Å². The molecule has 0 saturated carbocycles. The van der Waals surface area contributed by atoms with E-state index in [1.807, 2.05) is 13.1 Å². The molecule has 1 aromatic heterocycles. The first kappa shape index (κ1) is 13.3. The van der Waals surface area contributed by atoms with E-state index in [-0.39, 0.29) is 10.7 Å². The van der Waals surface area contributed by atoms with Crippen LogP contribution < -0.4 is 4.90 Å². The van der Waals surface area contributed by atoms with Crippen LogP contribution in [0.4, 0.5) is 5.69 Å². The van der Waals surface area contributed by atoms with Crippen LogP contribution in [0.2, 0.25) is 0 Å². The summed E-state index contributed by atoms with van der Waals surface area (Å²) in [6.07, 6.45) is 0.507. The third-order valence-corrected chi connectivity index (χ3v) is 5.93. The molecule has 2 heterocycles. The number of halogens is 2. The molecule has 0 bridgehead atoms. The van der Waals surface area contributed by atoms with Crippen LogP contribution in [0.3, 0.4) is 0 Å². The van der Waals surface area contributed by atoms with Gasteiger partial charge in [0.05, 0.1) is 15.0 Å². The molecule has 5 heteroatoms. The Morgan fingerprint density at radius 1 is 1.32 bits per heavy atom. The van der Waals surface area contributed by atoms with Crippen molar-refractivity contribution in [2.45, 2.75) is 11.2 Å². The quantitative estimate of drug-likeness (QED) is 0.679. The highest BCUT2D eigenvalue weighted by molar-refractivity contribution is 9.11. The molecule has 0 saturated heterocycles. The Kier molecular flexibility index (Phi) is 3.53. The molecule has 1 aliphatic heterocycles. The molecule has 0 aliphatic carbocycles. The number of rotatable bonds is 2. The molecule has 0 fully saturated rings. The third-order valence-electron chi connectivity index (χ3n) is 3.35. The van der Waals surface area contributed by atoms with E-state index >= 15 is 0 Å². The summed E-state index contributed by atoms with van der Waals surface area (Å²) in [5.74, 6) is 0.163. The number of likely N-dealkylation sites (N-methyl/N-ethyl adjacent to an activating group) is 1. The SMILES string of the molecule is CN1C(=O)Cc2cc(C(Br)c3csc(Br)c3)ccc21. The predicted octanol–water partition coefficient (Wildman–Crippen LogP) is 4.51. The second-order valence-electron chi connectivity index (χ2n) is 4.56. The molecule has 0 radical (unpaired) electrons. The van der Waals surface area contributed by atoms with E-state index in [1.54, 1.807) is 16.2 Å². The average molecular weight is 401 g/mol. The van der Waals surface area contributed by atoms with Crippen molar-refractivity contribution in [2.24, 2.45) is 0 Å². The van der Waals surface area contributed by atoms with Crippen molar-refractivity contribution in [1.29, 1.82) is 0 Å². The lowest BCUT2D eigenvalue weighted by Crippen LogP contribution is -2.20. The van der Waals surface area contributed by atoms with Crippen LogP contribution in [-0.2, 0) is 11.2 Å². The lowest BCUT2D eigenvalue weighted by atomic mass is 10.0. The van der Waals surface area contributed by atoms with Gasteiger partial charge in [-0.25, -0.2) is 0 Å². The Balaban J connectivity index is 1.95. The summed E-state index contributed by atoms with van der Waals surface area (Å²) in [7, 11) is 1.83. The number of amides is 1. The van der Waals surface area contributed by atoms with Gasteiger partial charge in [-0.1, -0.05) is 28.1 Å². The van der Waals surface area contributed by atoms with Crippen molar-refractivity contribution in [3.8, 4) is 0 Å². The fourth-order valence-corrected chi connectivity index (χ4v) is 4.22. The first-order valence-electron chi connectivity index (χ1n) is 5.83. The average Bonchev–Trinajstić information content (AvgIpc) is 2.94. The Morgan fingerprint density at radius 2 is 2.11 bits per heavy atom. The molecule has 2 aromatic rings. The van der Waals surface area contributed by atoms with Crippen molar-refractivity contribution in [1.82, 2.24) is 0 Å². The van der Waals surface area contributed by atoms with Gasteiger partial charge in [-0.3, -0.25) is 4.79 Å². The first-order chi connectivity index (χ1) is 9.06. The third kappa shape index (κ3) is 2.39. The second kappa shape index (κ2) is 5.04. The topological polar surface area (TPSA) is 20.3 Å². The van der Waals surface area contributed by atoms with Gasteiger partial charge in [0.25, 0.3) is 0 Å². The van der Waals surface area contributed by atoms with Crippen LogP contribution in [0.25, 0.3) is 0 Å². The maximum Gasteiger partial charge on any atom is 0.231 e. The van der Waals surface area contributed by atoms with Gasteiger partial charge in [0.15, 0.2) is 0 Å². The van der Waals surface area contributed by atoms with Crippen molar-refractivity contribution in [3.63, 3.8) is 0 Å². The number of carbonyl (C=O) groups is 1. The normalized spacial score (nSPS) is 15.7. The van der Waals surface area contributed by atoms with Gasteiger partial charge in [-0.2, -0.15) is 0 Å². The molecule has 1 atom stereocenters. The van der Waals surface area contributed by atoms with Crippen molar-refractivity contribution < 1.29 is 4.79 Å². The highest BCUT2D eigenvalue weighted by atomic mass is 79.9. The van der Waals surface area contributed by atoms with E-state index in [0.29, 0.717) is 6.42 Å². The smallest absolute Gasteiger partial charge is 0.231 e. The lowest BCUT2D eigenvalue weighted by molar-refractivity contribution is -0.117. The fourth-order valence-electron chi connectivity index (χ4n) is 2.30. The van der Waals surface area contributed by atoms with Crippen LogP contribution in [0.15, 0.2) is 33.4 Å². The van der Waals surface area contributed by atoms with E-state index in [9.17, 15) is 4.79 Å². The summed E-state index contributed by atoms with van der Waals surface area (Å²) in [5, 5.41) is 2.13. The van der Waals surface area contributed by atoms with Gasteiger partial charge < -0.3 is 4.90 Å². The van der Waals surface area contributed by atoms with Crippen molar-refractivity contribution in [3.05, 3.63) is 50.1 Å². The van der Waals surface area contributed by atoms with Gasteiger partial charge in [-0.05, 0) is 50.1 Å². The highest BCUT2D eigenvalue weighted by Gasteiger charge is 2.25. The van der Waals surface area contributed by atoms with Gasteiger partial charge in [0.1, 0.15) is 0 Å². The number of benzene rings is 1. The fraction of sp³-hybridized carbons (Fsp3) is 0.214. The Hall–Kier alpha value is -0.650. The number of carbonyl (C=O) groups excluding carboxylic acids is 1. The molecule has 0 spiro atoms. The number of alkyl halides is 1. The maximum atomic E-state index is 11.7. The standard InChI is InChI=1S/C14H11Br2NOS/c1-17-11-3-2-8(4-9(11)6-13(17)18)14(16)10-5-12(15)19-7-10/h2-5,7,14H,6H2,1H3. The molecule has 98 valence electrons. The van der Waals surface area contributed by atoms with Crippen LogP contribution in [-0.4, -0.2) is 13.0 Å². The van der Waals surface area contributed by atoms with E-state index < -0.39 is 0 Å². The molecule has 0 N–H and O–H groups in total. The van der Waals surface area contributed by atoms with Crippen molar-refractivity contribution >= 4 is 54.8 Å². The molecule has 1 aliphatic rings. The lowest BCUT2D eigenvalue weighted by Gasteiger charge is -2.13. The Morgan fingerprint density at radius 3 is 2.79 bits per heavy atom. The summed E-state index contributed by atoms with van der Waals surface area (Å²) in [6, 6.07) is 8.36. The van der Waals surface area contributed by atoms with Crippen LogP contribution in [0, 0.1) is 0 Å². The number of thiophene rings is 1. The Bertz CT molecular complexity index is 653. The zero-order valence-electron chi connectivity index (χ0n) is 10.2. The van der Waals surface area contributed by atoms with Crippen LogP contribution in [0.1, 0.15) is 21.5 Å². The summed E-state index contributed by atoms with van der Waals surface area (Å²) < 4.78 is 1.13. The number of hydrogen-bond acceptors (Lipinski definition) is 2. The summed E-state index contributed by atoms with van der Waals surface area (Å²) in [4.78, 5) is 13.6. The minimum atomic E-state index is 0.163. The van der Waals surface area contributed by atoms with Gasteiger partial charge >= 0.3 is 0 Å². The molecule has 19 heavy (non-hydrogen) atoms. The minimum absolute atomic E-state index is 0.163. The maximum absolute atomic E-state index is 11.7. The van der Waals surface area contributed by atoms with Crippen LogP contribution in [0.5, 0.6) is 0 Å². The predicted molar refractivity (Wildman–Crippen MR) is 86.3 cm³/mol. The summed E-state index contributed by atoms with van der Waals surface area (Å²) in [6.45, 7) is 0. The largest absolute Gasteiger partial charge is 0.315 e. The van der Waals surface area contributed by atoms with Gasteiger partial charge in [0, 0.05) is 12.7 Å². The highest BCUT2D eigenvalue weighted by Crippen LogP contribution is 2.38. The minimum Gasteiger partial charge on any atom is -0.315 e. The zero-order valence-corrected chi connectivity index (χ0v) is 14.2. The number of fused-ring (bicyclic) bond motifs is 1. The molecular weight excluding hydrogens is 390 g/mol. The molecule has 1 aromatic carbocycles. The van der Waals surface area contributed by atoms with Crippen molar-refractivity contribution in [2.75, 3.05) is 11.9 Å². The van der Waals surface area contributed by atoms with Gasteiger partial charge in [0.2, 0.25) is 5.91 Å². The Labute approximate surface area is 132 Å². The number of nitrogens with zero attached hydrogens (tertiary/aromatic N) is 1. The molecule has 1 amide bonds. The molecule has 2 nitrogen and oxygen atoms in total. The summed E-state index contributed by atoms with van der Waals surface area (Å²) in [5.41, 5.74) is 4.56. The second-order valence-corrected chi connectivity index (χ2v) is 7.77. The van der Waals surface area contributed by atoms with E-state index in [4.69, 9.17) is 0 Å². The molecular formula is C14H11Br2NOS.